The highest BCUT2D eigenvalue weighted by Gasteiger charge is 2.25. The highest BCUT2D eigenvalue weighted by atomic mass is 32.3. The van der Waals surface area contributed by atoms with Gasteiger partial charge in [0.25, 0.3) is 5.97 Å². The summed E-state index contributed by atoms with van der Waals surface area (Å²) < 4.78 is 55.6. The van der Waals surface area contributed by atoms with Crippen molar-refractivity contribution in [2.24, 2.45) is 5.73 Å². The zero-order valence-electron chi connectivity index (χ0n) is 22.6. The number of nitrogens with two attached hydrogens (primary N) is 1. The first-order valence-electron chi connectivity index (χ1n) is 13.4. The smallest absolute Gasteiger partial charge is 0.343 e. The van der Waals surface area contributed by atoms with Gasteiger partial charge in [-0.1, -0.05) is 103 Å². The number of hydrogen-bond donors (Lipinski definition) is 6. The molecule has 0 bridgehead atoms. The van der Waals surface area contributed by atoms with E-state index in [9.17, 15) is 32.2 Å². The number of nitrogens with zero attached hydrogens (tertiary/aromatic N) is 1. The van der Waals surface area contributed by atoms with Gasteiger partial charge in [-0.15, -0.1) is 3.63 Å². The van der Waals surface area contributed by atoms with Gasteiger partial charge in [-0.3, -0.25) is 14.0 Å². The van der Waals surface area contributed by atoms with Crippen LogP contribution >= 0.6 is 0 Å². The topological polar surface area (TPSA) is 208 Å². The van der Waals surface area contributed by atoms with Crippen LogP contribution in [0.15, 0.2) is 0 Å². The first-order valence-corrected chi connectivity index (χ1v) is 16.1. The maximum atomic E-state index is 9.44. The minimum atomic E-state index is -5.12. The van der Waals surface area contributed by atoms with Crippen LogP contribution in [0.5, 0.6) is 0 Å². The highest BCUT2D eigenvalue weighted by molar-refractivity contribution is 7.94. The van der Waals surface area contributed by atoms with E-state index in [1.54, 1.807) is 0 Å². The van der Waals surface area contributed by atoms with E-state index in [2.05, 4.69) is 10.6 Å². The molecule has 0 aromatic carbocycles. The minimum absolute atomic E-state index is 0.0298. The summed E-state index contributed by atoms with van der Waals surface area (Å²) in [5.74, 6) is -2.64. The molecular weight excluding hydrogens is 528 g/mol. The Morgan fingerprint density at radius 2 is 1.03 bits per heavy atom. The average Bonchev–Trinajstić information content (AvgIpc) is 2.74. The molecule has 0 aromatic heterocycles. The third-order valence-electron chi connectivity index (χ3n) is 5.85. The van der Waals surface area contributed by atoms with Gasteiger partial charge in [-0.2, -0.15) is 16.8 Å². The molecule has 0 fully saturated rings. The van der Waals surface area contributed by atoms with Crippen molar-refractivity contribution in [1.82, 2.24) is 4.90 Å². The van der Waals surface area contributed by atoms with Gasteiger partial charge in [-0.05, 0) is 19.9 Å². The number of rotatable bonds is 23. The van der Waals surface area contributed by atoms with Crippen molar-refractivity contribution < 1.29 is 44.9 Å². The van der Waals surface area contributed by atoms with Crippen LogP contribution in [0.25, 0.3) is 0 Å². The lowest BCUT2D eigenvalue weighted by Crippen LogP contribution is -2.49. The second-order valence-electron chi connectivity index (χ2n) is 9.56. The largest absolute Gasteiger partial charge is 0.413 e. The van der Waals surface area contributed by atoms with Crippen LogP contribution in [0.3, 0.4) is 0 Å². The predicted octanol–water partition coefficient (Wildman–Crippen LogP) is 3.14. The Hall–Kier alpha value is -0.420. The van der Waals surface area contributed by atoms with Gasteiger partial charge in [-0.25, -0.2) is 0 Å². The summed E-state index contributed by atoms with van der Waals surface area (Å²) >= 11 is 0. The second kappa shape index (κ2) is 22.4. The van der Waals surface area contributed by atoms with Crippen molar-refractivity contribution in [3.05, 3.63) is 0 Å². The molecule has 0 radical (unpaired) electrons. The molecule has 0 spiro atoms. The van der Waals surface area contributed by atoms with Gasteiger partial charge in [0, 0.05) is 12.6 Å². The molecule has 0 saturated heterocycles. The Labute approximate surface area is 224 Å². The maximum absolute atomic E-state index is 9.44. The normalized spacial score (nSPS) is 13.4. The molecule has 1 unspecified atom stereocenters. The van der Waals surface area contributed by atoms with Gasteiger partial charge in [0.2, 0.25) is 0 Å². The van der Waals surface area contributed by atoms with Crippen LogP contribution in [0.4, 0.5) is 0 Å². The van der Waals surface area contributed by atoms with Crippen molar-refractivity contribution in [3.8, 4) is 0 Å². The van der Waals surface area contributed by atoms with E-state index >= 15 is 0 Å². The van der Waals surface area contributed by atoms with E-state index in [0.717, 1.165) is 19.4 Å². The standard InChI is InChI=1S/C23H50N2O3.H2O7S2/c1-3-4-5-6-7-8-9-10-11-12-13-14-15-16-17-18-19-25(22(2)20-24)21-23(26,27)28;1-8(2,3)7-9(4,5)6/h22,26-28H,3-21,24H2,1-2H3;(H,1,2,3)(H,4,5,6). The monoisotopic (exact) mass is 580 g/mol. The third kappa shape index (κ3) is 33.6. The number of hydrogen-bond acceptors (Lipinski definition) is 10. The Bertz CT molecular complexity index is 698. The molecule has 37 heavy (non-hydrogen) atoms. The summed E-state index contributed by atoms with van der Waals surface area (Å²) in [6.45, 7) is 5.21. The first kappa shape index (κ1) is 38.7. The molecule has 0 heterocycles. The molecule has 0 rings (SSSR count). The van der Waals surface area contributed by atoms with Crippen LogP contribution in [-0.4, -0.2) is 77.8 Å². The van der Waals surface area contributed by atoms with Crippen molar-refractivity contribution in [1.29, 1.82) is 0 Å². The SMILES string of the molecule is CCCCCCCCCCCCCCCCCCN(CC(O)(O)O)C(C)CN.O=S(=O)(O)OS(=O)(=O)O. The Balaban J connectivity index is 0. The van der Waals surface area contributed by atoms with Crippen molar-refractivity contribution >= 4 is 20.8 Å². The summed E-state index contributed by atoms with van der Waals surface area (Å²) in [5.41, 5.74) is 5.67. The maximum Gasteiger partial charge on any atom is 0.413 e. The first-order chi connectivity index (χ1) is 17.1. The van der Waals surface area contributed by atoms with Crippen LogP contribution in [-0.2, 0) is 24.4 Å². The van der Waals surface area contributed by atoms with E-state index in [1.165, 1.54) is 89.9 Å². The van der Waals surface area contributed by atoms with Crippen molar-refractivity contribution in [2.45, 2.75) is 129 Å². The molecule has 0 aliphatic rings. The molecule has 0 aliphatic heterocycles. The van der Waals surface area contributed by atoms with E-state index in [0.29, 0.717) is 6.54 Å². The van der Waals surface area contributed by atoms with E-state index in [-0.39, 0.29) is 12.6 Å². The Kier molecular flexibility index (Phi) is 23.4. The molecule has 0 aromatic rings. The van der Waals surface area contributed by atoms with Crippen molar-refractivity contribution in [3.63, 3.8) is 0 Å². The summed E-state index contributed by atoms with van der Waals surface area (Å²) in [6, 6.07) is 0.0298. The number of aliphatic hydroxyl groups is 3. The molecule has 0 saturated carbocycles. The fourth-order valence-corrected chi connectivity index (χ4v) is 4.72. The molecule has 1 atom stereocenters. The highest BCUT2D eigenvalue weighted by Crippen LogP contribution is 2.14. The van der Waals surface area contributed by atoms with Crippen LogP contribution in [0, 0.1) is 0 Å². The van der Waals surface area contributed by atoms with Crippen molar-refractivity contribution in [2.75, 3.05) is 19.6 Å². The van der Waals surface area contributed by atoms with Crippen LogP contribution in [0.1, 0.15) is 117 Å². The molecule has 14 heteroatoms. The fraction of sp³-hybridized carbons (Fsp3) is 1.00. The summed E-state index contributed by atoms with van der Waals surface area (Å²) in [4.78, 5) is 1.85. The average molecular weight is 581 g/mol. The quantitative estimate of drug-likeness (QED) is 0.0585. The molecular formula is C23H52N2O10S2. The molecule has 0 aliphatic carbocycles. The molecule has 0 amide bonds. The van der Waals surface area contributed by atoms with Gasteiger partial charge in [0.1, 0.15) is 0 Å². The summed E-state index contributed by atoms with van der Waals surface area (Å²) in [7, 11) is -10.2. The van der Waals surface area contributed by atoms with Gasteiger partial charge >= 0.3 is 20.8 Å². The zero-order chi connectivity index (χ0) is 28.8. The fourth-order valence-electron chi connectivity index (χ4n) is 3.85. The van der Waals surface area contributed by atoms with E-state index in [4.69, 9.17) is 14.8 Å². The predicted molar refractivity (Wildman–Crippen MR) is 143 cm³/mol. The lowest BCUT2D eigenvalue weighted by Gasteiger charge is -2.31. The van der Waals surface area contributed by atoms with Gasteiger partial charge < -0.3 is 21.1 Å². The molecule has 12 nitrogen and oxygen atoms in total. The number of unbranched alkanes of at least 4 members (excludes halogenated alkanes) is 15. The second-order valence-corrected chi connectivity index (χ2v) is 11.8. The van der Waals surface area contributed by atoms with Gasteiger partial charge in [0.05, 0.1) is 6.54 Å². The molecule has 7 N–H and O–H groups in total. The Morgan fingerprint density at radius 1 is 0.703 bits per heavy atom. The molecule has 226 valence electrons. The van der Waals surface area contributed by atoms with E-state index < -0.39 is 26.8 Å². The third-order valence-corrected chi connectivity index (χ3v) is 7.23. The Morgan fingerprint density at radius 3 is 1.27 bits per heavy atom. The van der Waals surface area contributed by atoms with Crippen LogP contribution in [0.2, 0.25) is 0 Å². The lowest BCUT2D eigenvalue weighted by molar-refractivity contribution is -0.318. The van der Waals surface area contributed by atoms with E-state index in [1.807, 2.05) is 11.8 Å². The summed E-state index contributed by atoms with van der Waals surface area (Å²) in [6.07, 6.45) is 21.4. The van der Waals surface area contributed by atoms with Gasteiger partial charge in [0.15, 0.2) is 0 Å². The summed E-state index contributed by atoms with van der Waals surface area (Å²) in [5, 5.41) is 27.6. The zero-order valence-corrected chi connectivity index (χ0v) is 24.3. The lowest BCUT2D eigenvalue weighted by atomic mass is 10.0. The van der Waals surface area contributed by atoms with Crippen LogP contribution < -0.4 is 5.73 Å². The minimum Gasteiger partial charge on any atom is -0.343 e.